The number of aromatic nitrogens is 2. The van der Waals surface area contributed by atoms with Crippen LogP contribution in [0.2, 0.25) is 0 Å². The fourth-order valence-corrected chi connectivity index (χ4v) is 3.38. The predicted octanol–water partition coefficient (Wildman–Crippen LogP) is 3.79. The summed E-state index contributed by atoms with van der Waals surface area (Å²) in [5.41, 5.74) is -0.362. The summed E-state index contributed by atoms with van der Waals surface area (Å²) in [6, 6.07) is 9.81. The van der Waals surface area contributed by atoms with Crippen LogP contribution in [-0.2, 0) is 19.1 Å². The molecule has 2 heterocycles. The van der Waals surface area contributed by atoms with E-state index in [0.717, 1.165) is 18.2 Å². The summed E-state index contributed by atoms with van der Waals surface area (Å²) >= 11 is 0. The molecule has 30 heavy (non-hydrogen) atoms. The van der Waals surface area contributed by atoms with Crippen LogP contribution in [0.5, 0.6) is 0 Å². The maximum atomic E-state index is 13.4. The Bertz CT molecular complexity index is 1190. The van der Waals surface area contributed by atoms with Crippen LogP contribution in [-0.4, -0.2) is 27.3 Å². The van der Waals surface area contributed by atoms with Gasteiger partial charge in [-0.1, -0.05) is 18.2 Å². The fourth-order valence-electron chi connectivity index (χ4n) is 3.38. The number of rotatable bonds is 2. The van der Waals surface area contributed by atoms with Crippen molar-refractivity contribution < 1.29 is 22.4 Å². The van der Waals surface area contributed by atoms with Gasteiger partial charge in [0.05, 0.1) is 23.4 Å². The van der Waals surface area contributed by atoms with E-state index in [1.807, 2.05) is 0 Å². The standard InChI is InChI=1S/C21H15F4N3O2/c22-15-6-2-4-13(10-15)20(30)28-8-7-17-16(11-28)19(29)27-18(26-17)12-3-1-5-14(9-12)21(23,24)25/h1-6,9-10H,7-8,11H2,(H,26,27,29). The van der Waals surface area contributed by atoms with Crippen LogP contribution < -0.4 is 5.56 Å². The summed E-state index contributed by atoms with van der Waals surface area (Å²) in [4.78, 5) is 33.4. The first-order valence-corrected chi connectivity index (χ1v) is 9.07. The van der Waals surface area contributed by atoms with E-state index < -0.39 is 29.0 Å². The third-order valence-electron chi connectivity index (χ3n) is 4.89. The van der Waals surface area contributed by atoms with Crippen molar-refractivity contribution in [2.45, 2.75) is 19.1 Å². The number of carbonyl (C=O) groups excluding carboxylic acids is 1. The van der Waals surface area contributed by atoms with Crippen LogP contribution in [0, 0.1) is 5.82 Å². The minimum atomic E-state index is -4.51. The van der Waals surface area contributed by atoms with Gasteiger partial charge < -0.3 is 9.88 Å². The minimum Gasteiger partial charge on any atom is -0.334 e. The zero-order chi connectivity index (χ0) is 21.5. The van der Waals surface area contributed by atoms with Crippen molar-refractivity contribution in [1.29, 1.82) is 0 Å². The number of halogens is 4. The number of aromatic amines is 1. The summed E-state index contributed by atoms with van der Waals surface area (Å²) in [6.07, 6.45) is -4.26. The molecule has 1 N–H and O–H groups in total. The van der Waals surface area contributed by atoms with E-state index in [1.165, 1.54) is 35.2 Å². The molecule has 0 fully saturated rings. The highest BCUT2D eigenvalue weighted by molar-refractivity contribution is 5.94. The Morgan fingerprint density at radius 2 is 1.87 bits per heavy atom. The van der Waals surface area contributed by atoms with Gasteiger partial charge in [0.1, 0.15) is 11.6 Å². The molecule has 1 aliphatic rings. The molecule has 0 radical (unpaired) electrons. The van der Waals surface area contributed by atoms with Crippen LogP contribution in [0.15, 0.2) is 53.3 Å². The molecule has 1 amide bonds. The molecule has 3 aromatic rings. The maximum Gasteiger partial charge on any atom is 0.416 e. The van der Waals surface area contributed by atoms with Crippen molar-refractivity contribution in [3.63, 3.8) is 0 Å². The molecule has 0 aliphatic carbocycles. The summed E-state index contributed by atoms with van der Waals surface area (Å²) in [5.74, 6) is -0.917. The maximum absolute atomic E-state index is 13.4. The quantitative estimate of drug-likeness (QED) is 0.646. The summed E-state index contributed by atoms with van der Waals surface area (Å²) in [5, 5.41) is 0. The van der Waals surface area contributed by atoms with Crippen molar-refractivity contribution in [2.75, 3.05) is 6.54 Å². The molecule has 0 bridgehead atoms. The SMILES string of the molecule is O=C(c1cccc(F)c1)N1CCc2nc(-c3cccc(C(F)(F)F)c3)[nH]c(=O)c2C1. The normalized spacial score (nSPS) is 13.8. The summed E-state index contributed by atoms with van der Waals surface area (Å²) in [6.45, 7) is 0.233. The van der Waals surface area contributed by atoms with Crippen molar-refractivity contribution in [2.24, 2.45) is 0 Å². The summed E-state index contributed by atoms with van der Waals surface area (Å²) in [7, 11) is 0. The van der Waals surface area contributed by atoms with E-state index in [1.54, 1.807) is 0 Å². The molecule has 1 aromatic heterocycles. The van der Waals surface area contributed by atoms with Gasteiger partial charge in [-0.2, -0.15) is 13.2 Å². The Labute approximate surface area is 168 Å². The largest absolute Gasteiger partial charge is 0.416 e. The Balaban J connectivity index is 1.64. The average Bonchev–Trinajstić information content (AvgIpc) is 2.72. The van der Waals surface area contributed by atoms with Crippen molar-refractivity contribution in [3.8, 4) is 11.4 Å². The number of nitrogens with zero attached hydrogens (tertiary/aromatic N) is 2. The van der Waals surface area contributed by atoms with Gasteiger partial charge in [0, 0.05) is 24.1 Å². The van der Waals surface area contributed by atoms with E-state index in [2.05, 4.69) is 9.97 Å². The molecule has 2 aromatic carbocycles. The van der Waals surface area contributed by atoms with E-state index in [9.17, 15) is 27.2 Å². The molecule has 1 aliphatic heterocycles. The second kappa shape index (κ2) is 7.40. The highest BCUT2D eigenvalue weighted by Gasteiger charge is 2.31. The molecule has 0 saturated carbocycles. The second-order valence-electron chi connectivity index (χ2n) is 6.91. The van der Waals surface area contributed by atoms with Gasteiger partial charge in [-0.15, -0.1) is 0 Å². The predicted molar refractivity (Wildman–Crippen MR) is 100 cm³/mol. The molecule has 154 valence electrons. The number of H-pyrrole nitrogens is 1. The molecular weight excluding hydrogens is 402 g/mol. The molecule has 9 heteroatoms. The zero-order valence-electron chi connectivity index (χ0n) is 15.5. The van der Waals surface area contributed by atoms with E-state index in [0.29, 0.717) is 5.69 Å². The monoisotopic (exact) mass is 417 g/mol. The van der Waals surface area contributed by atoms with Gasteiger partial charge in [0.25, 0.3) is 11.5 Å². The Hall–Kier alpha value is -3.49. The first-order chi connectivity index (χ1) is 14.2. The molecule has 0 atom stereocenters. The molecule has 5 nitrogen and oxygen atoms in total. The van der Waals surface area contributed by atoms with Crippen LogP contribution in [0.3, 0.4) is 0 Å². The van der Waals surface area contributed by atoms with E-state index in [4.69, 9.17) is 0 Å². The summed E-state index contributed by atoms with van der Waals surface area (Å²) < 4.78 is 52.3. The van der Waals surface area contributed by atoms with Crippen LogP contribution in [0.25, 0.3) is 11.4 Å². The van der Waals surface area contributed by atoms with Crippen LogP contribution >= 0.6 is 0 Å². The lowest BCUT2D eigenvalue weighted by molar-refractivity contribution is -0.137. The van der Waals surface area contributed by atoms with Crippen molar-refractivity contribution in [3.05, 3.63) is 87.1 Å². The molecule has 4 rings (SSSR count). The van der Waals surface area contributed by atoms with Gasteiger partial charge in [0.15, 0.2) is 0 Å². The highest BCUT2D eigenvalue weighted by atomic mass is 19.4. The van der Waals surface area contributed by atoms with Crippen molar-refractivity contribution >= 4 is 5.91 Å². The lowest BCUT2D eigenvalue weighted by Crippen LogP contribution is -2.39. The van der Waals surface area contributed by atoms with Gasteiger partial charge in [0.2, 0.25) is 0 Å². The third kappa shape index (κ3) is 3.83. The van der Waals surface area contributed by atoms with Crippen LogP contribution in [0.1, 0.15) is 27.2 Å². The van der Waals surface area contributed by atoms with Crippen LogP contribution in [0.4, 0.5) is 17.6 Å². The number of benzene rings is 2. The number of amides is 1. The number of alkyl halides is 3. The zero-order valence-corrected chi connectivity index (χ0v) is 15.5. The Morgan fingerprint density at radius 1 is 1.10 bits per heavy atom. The van der Waals surface area contributed by atoms with Crippen molar-refractivity contribution in [1.82, 2.24) is 14.9 Å². The van der Waals surface area contributed by atoms with E-state index >= 15 is 0 Å². The van der Waals surface area contributed by atoms with Gasteiger partial charge >= 0.3 is 6.18 Å². The minimum absolute atomic E-state index is 0.0180. The first-order valence-electron chi connectivity index (χ1n) is 9.07. The number of nitrogens with one attached hydrogen (secondary N) is 1. The number of hydrogen-bond acceptors (Lipinski definition) is 3. The lowest BCUT2D eigenvalue weighted by Gasteiger charge is -2.28. The average molecular weight is 417 g/mol. The number of fused-ring (bicyclic) bond motifs is 1. The Morgan fingerprint density at radius 3 is 2.60 bits per heavy atom. The number of carbonyl (C=O) groups is 1. The van der Waals surface area contributed by atoms with E-state index in [-0.39, 0.29) is 42.0 Å². The first kappa shape index (κ1) is 19.8. The second-order valence-corrected chi connectivity index (χ2v) is 6.91. The molecular formula is C21H15F4N3O2. The molecule has 0 saturated heterocycles. The fraction of sp³-hybridized carbons (Fsp3) is 0.190. The van der Waals surface area contributed by atoms with Gasteiger partial charge in [-0.05, 0) is 30.3 Å². The highest BCUT2D eigenvalue weighted by Crippen LogP contribution is 2.31. The smallest absolute Gasteiger partial charge is 0.334 e. The topological polar surface area (TPSA) is 66.1 Å². The Kier molecular flexibility index (Phi) is 4.89. The molecule has 0 unspecified atom stereocenters. The number of hydrogen-bond donors (Lipinski definition) is 1. The molecule has 0 spiro atoms. The van der Waals surface area contributed by atoms with Gasteiger partial charge in [-0.25, -0.2) is 9.37 Å². The lowest BCUT2D eigenvalue weighted by atomic mass is 10.0. The van der Waals surface area contributed by atoms with Gasteiger partial charge in [-0.3, -0.25) is 9.59 Å². The third-order valence-corrected chi connectivity index (χ3v) is 4.89.